The van der Waals surface area contributed by atoms with Crippen LogP contribution in [-0.2, 0) is 20.7 Å². The minimum atomic E-state index is -1.08. The van der Waals surface area contributed by atoms with Gasteiger partial charge in [-0.25, -0.2) is 4.79 Å². The molecule has 3 rings (SSSR count). The molecule has 180 valence electrons. The van der Waals surface area contributed by atoms with E-state index in [1.54, 1.807) is 13.8 Å². The summed E-state index contributed by atoms with van der Waals surface area (Å²) >= 11 is 6.02. The average molecular weight is 488 g/mol. The molecular weight excluding hydrogens is 462 g/mol. The summed E-state index contributed by atoms with van der Waals surface area (Å²) in [5.41, 5.74) is 1.82. The van der Waals surface area contributed by atoms with E-state index in [-0.39, 0.29) is 28.2 Å². The van der Waals surface area contributed by atoms with Crippen LogP contribution in [0.5, 0.6) is 0 Å². The van der Waals surface area contributed by atoms with Crippen LogP contribution in [-0.4, -0.2) is 35.4 Å². The van der Waals surface area contributed by atoms with Crippen LogP contribution in [0.15, 0.2) is 42.5 Å². The van der Waals surface area contributed by atoms with E-state index in [4.69, 9.17) is 16.3 Å². The van der Waals surface area contributed by atoms with Crippen molar-refractivity contribution in [2.45, 2.75) is 45.2 Å². The quantitative estimate of drug-likeness (QED) is 0.331. The zero-order valence-corrected chi connectivity index (χ0v) is 19.6. The molecule has 10 heteroatoms. The Hall–Kier alpha value is -3.46. The van der Waals surface area contributed by atoms with E-state index in [9.17, 15) is 24.5 Å². The molecule has 0 saturated carbocycles. The van der Waals surface area contributed by atoms with Crippen LogP contribution < -0.4 is 10.6 Å². The number of ether oxygens (including phenoxy) is 1. The van der Waals surface area contributed by atoms with Gasteiger partial charge in [0.15, 0.2) is 6.61 Å². The Balaban J connectivity index is 1.60. The lowest BCUT2D eigenvalue weighted by atomic mass is 9.88. The SMILES string of the molecule is CC(C)[C@H](NC(=O)c1cc([N+](=O)[O-])ccc1Cl)C(=O)OCC(=O)N[C@@H]1CCCc2ccccc21. The van der Waals surface area contributed by atoms with Crippen molar-refractivity contribution in [2.24, 2.45) is 5.92 Å². The van der Waals surface area contributed by atoms with Crippen LogP contribution in [0, 0.1) is 16.0 Å². The molecule has 0 bridgehead atoms. The van der Waals surface area contributed by atoms with E-state index in [0.717, 1.165) is 30.9 Å². The number of nitro groups is 1. The largest absolute Gasteiger partial charge is 0.454 e. The van der Waals surface area contributed by atoms with Crippen LogP contribution in [0.1, 0.15) is 54.2 Å². The molecule has 1 aliphatic rings. The minimum absolute atomic E-state index is 0.00566. The molecule has 2 N–H and O–H groups in total. The number of hydrogen-bond acceptors (Lipinski definition) is 6. The number of nitrogens with zero attached hydrogens (tertiary/aromatic N) is 1. The van der Waals surface area contributed by atoms with Crippen molar-refractivity contribution in [3.05, 3.63) is 74.3 Å². The number of hydrogen-bond donors (Lipinski definition) is 2. The van der Waals surface area contributed by atoms with Crippen molar-refractivity contribution in [3.8, 4) is 0 Å². The number of non-ortho nitro benzene ring substituents is 1. The number of amides is 2. The van der Waals surface area contributed by atoms with Crippen LogP contribution in [0.4, 0.5) is 5.69 Å². The molecule has 2 atom stereocenters. The van der Waals surface area contributed by atoms with Crippen molar-refractivity contribution < 1.29 is 24.0 Å². The predicted molar refractivity (Wildman–Crippen MR) is 125 cm³/mol. The van der Waals surface area contributed by atoms with Crippen molar-refractivity contribution in [3.63, 3.8) is 0 Å². The summed E-state index contributed by atoms with van der Waals surface area (Å²) in [4.78, 5) is 48.1. The Morgan fingerprint density at radius 3 is 2.65 bits per heavy atom. The molecule has 0 fully saturated rings. The molecule has 0 unspecified atom stereocenters. The molecule has 0 aromatic heterocycles. The molecule has 2 aromatic carbocycles. The normalized spacial score (nSPS) is 15.7. The molecule has 1 aliphatic carbocycles. The van der Waals surface area contributed by atoms with E-state index in [0.29, 0.717) is 0 Å². The van der Waals surface area contributed by atoms with Gasteiger partial charge in [0, 0.05) is 12.1 Å². The fourth-order valence-electron chi connectivity index (χ4n) is 3.88. The molecule has 0 heterocycles. The number of carbonyl (C=O) groups is 3. The second kappa shape index (κ2) is 11.1. The molecule has 34 heavy (non-hydrogen) atoms. The highest BCUT2D eigenvalue weighted by Crippen LogP contribution is 2.29. The van der Waals surface area contributed by atoms with Gasteiger partial charge in [0.1, 0.15) is 6.04 Å². The Morgan fingerprint density at radius 2 is 1.94 bits per heavy atom. The maximum atomic E-state index is 12.7. The molecule has 2 aromatic rings. The van der Waals surface area contributed by atoms with Gasteiger partial charge in [-0.3, -0.25) is 19.7 Å². The Bertz CT molecular complexity index is 1100. The summed E-state index contributed by atoms with van der Waals surface area (Å²) in [6.45, 7) is 2.90. The smallest absolute Gasteiger partial charge is 0.329 e. The van der Waals surface area contributed by atoms with Gasteiger partial charge in [-0.1, -0.05) is 49.7 Å². The number of rotatable bonds is 8. The Morgan fingerprint density at radius 1 is 1.21 bits per heavy atom. The molecule has 0 spiro atoms. The summed E-state index contributed by atoms with van der Waals surface area (Å²) in [5, 5.41) is 16.4. The van der Waals surface area contributed by atoms with Crippen LogP contribution >= 0.6 is 11.6 Å². The highest BCUT2D eigenvalue weighted by molar-refractivity contribution is 6.34. The number of benzene rings is 2. The molecule has 2 amide bonds. The highest BCUT2D eigenvalue weighted by Gasteiger charge is 2.29. The van der Waals surface area contributed by atoms with E-state index < -0.39 is 35.4 Å². The van der Waals surface area contributed by atoms with E-state index in [1.807, 2.05) is 24.3 Å². The lowest BCUT2D eigenvalue weighted by Gasteiger charge is -2.26. The lowest BCUT2D eigenvalue weighted by molar-refractivity contribution is -0.384. The number of esters is 1. The van der Waals surface area contributed by atoms with Crippen molar-refractivity contribution in [2.75, 3.05) is 6.61 Å². The number of nitro benzene ring substituents is 1. The minimum Gasteiger partial charge on any atom is -0.454 e. The third kappa shape index (κ3) is 6.11. The zero-order chi connectivity index (χ0) is 24.8. The number of halogens is 1. The van der Waals surface area contributed by atoms with Gasteiger partial charge in [-0.05, 0) is 42.4 Å². The number of carbonyl (C=O) groups excluding carboxylic acids is 3. The Kier molecular flexibility index (Phi) is 8.22. The van der Waals surface area contributed by atoms with E-state index >= 15 is 0 Å². The van der Waals surface area contributed by atoms with Gasteiger partial charge in [-0.15, -0.1) is 0 Å². The van der Waals surface area contributed by atoms with Crippen molar-refractivity contribution in [1.82, 2.24) is 10.6 Å². The van der Waals surface area contributed by atoms with Gasteiger partial charge in [0.25, 0.3) is 17.5 Å². The second-order valence-corrected chi connectivity index (χ2v) is 8.84. The third-order valence-electron chi connectivity index (χ3n) is 5.66. The van der Waals surface area contributed by atoms with Crippen LogP contribution in [0.2, 0.25) is 5.02 Å². The third-order valence-corrected chi connectivity index (χ3v) is 5.99. The first-order valence-corrected chi connectivity index (χ1v) is 11.3. The van der Waals surface area contributed by atoms with Crippen molar-refractivity contribution >= 4 is 35.1 Å². The summed E-state index contributed by atoms with van der Waals surface area (Å²) < 4.78 is 5.18. The van der Waals surface area contributed by atoms with Crippen LogP contribution in [0.25, 0.3) is 0 Å². The molecule has 9 nitrogen and oxygen atoms in total. The van der Waals surface area contributed by atoms with Gasteiger partial charge in [0.05, 0.1) is 21.6 Å². The first-order chi connectivity index (χ1) is 16.2. The molecular formula is C24H26ClN3O6. The number of aryl methyl sites for hydroxylation is 1. The molecule has 0 saturated heterocycles. The Labute approximate surface area is 202 Å². The van der Waals surface area contributed by atoms with E-state index in [1.165, 1.54) is 17.7 Å². The summed E-state index contributed by atoms with van der Waals surface area (Å²) in [7, 11) is 0. The fourth-order valence-corrected chi connectivity index (χ4v) is 4.09. The summed E-state index contributed by atoms with van der Waals surface area (Å²) in [6, 6.07) is 10.1. The maximum Gasteiger partial charge on any atom is 0.329 e. The fraction of sp³-hybridized carbons (Fsp3) is 0.375. The summed E-state index contributed by atoms with van der Waals surface area (Å²) in [5.74, 6) is -2.36. The summed E-state index contributed by atoms with van der Waals surface area (Å²) in [6.07, 6.45) is 2.71. The molecule has 0 radical (unpaired) electrons. The predicted octanol–water partition coefficient (Wildman–Crippen LogP) is 3.74. The van der Waals surface area contributed by atoms with Crippen LogP contribution in [0.3, 0.4) is 0 Å². The lowest BCUT2D eigenvalue weighted by Crippen LogP contribution is -2.46. The first-order valence-electron chi connectivity index (χ1n) is 11.0. The van der Waals surface area contributed by atoms with E-state index in [2.05, 4.69) is 10.6 Å². The van der Waals surface area contributed by atoms with Gasteiger partial charge < -0.3 is 15.4 Å². The maximum absolute atomic E-state index is 12.7. The highest BCUT2D eigenvalue weighted by atomic mass is 35.5. The monoisotopic (exact) mass is 487 g/mol. The molecule has 0 aliphatic heterocycles. The first kappa shape index (κ1) is 25.2. The standard InChI is InChI=1S/C24H26ClN3O6/c1-14(2)22(27-23(30)18-12-16(28(32)33)10-11-19(18)25)24(31)34-13-21(29)26-20-9-5-7-15-6-3-4-8-17(15)20/h3-4,6,8,10-12,14,20,22H,5,7,9,13H2,1-2H3,(H,26,29)(H,27,30)/t20-,22+/m1/s1. The average Bonchev–Trinajstić information content (AvgIpc) is 2.81. The zero-order valence-electron chi connectivity index (χ0n) is 18.9. The van der Waals surface area contributed by atoms with Gasteiger partial charge in [0.2, 0.25) is 0 Å². The van der Waals surface area contributed by atoms with Crippen molar-refractivity contribution in [1.29, 1.82) is 0 Å². The number of fused-ring (bicyclic) bond motifs is 1. The van der Waals surface area contributed by atoms with Gasteiger partial charge in [-0.2, -0.15) is 0 Å². The number of nitrogens with one attached hydrogen (secondary N) is 2. The second-order valence-electron chi connectivity index (χ2n) is 8.44. The van der Waals surface area contributed by atoms with Gasteiger partial charge >= 0.3 is 5.97 Å². The topological polar surface area (TPSA) is 128 Å².